The first-order chi connectivity index (χ1) is 13.7. The summed E-state index contributed by atoms with van der Waals surface area (Å²) in [6.45, 7) is 5.00. The summed E-state index contributed by atoms with van der Waals surface area (Å²) in [6, 6.07) is 3.31. The molecule has 0 aliphatic carbocycles. The molecule has 0 N–H and O–H groups in total. The monoisotopic (exact) mass is 438 g/mol. The Morgan fingerprint density at radius 2 is 1.93 bits per heavy atom. The molecule has 1 aliphatic rings. The van der Waals surface area contributed by atoms with Crippen molar-refractivity contribution in [2.75, 3.05) is 32.4 Å². The van der Waals surface area contributed by atoms with Crippen molar-refractivity contribution >= 4 is 32.8 Å². The first-order valence-electron chi connectivity index (χ1n) is 9.12. The number of nitro benzene ring substituents is 1. The zero-order valence-electron chi connectivity index (χ0n) is 16.2. The molecule has 29 heavy (non-hydrogen) atoms. The molecule has 0 unspecified atom stereocenters. The summed E-state index contributed by atoms with van der Waals surface area (Å²) >= 11 is 1.64. The van der Waals surface area contributed by atoms with Gasteiger partial charge in [-0.25, -0.2) is 13.4 Å². The Hall–Kier alpha value is -2.37. The number of aromatic nitrogens is 1. The van der Waals surface area contributed by atoms with E-state index in [4.69, 9.17) is 0 Å². The molecule has 1 amide bonds. The maximum absolute atomic E-state index is 12.8. The molecule has 2 aromatic rings. The third kappa shape index (κ3) is 5.17. The third-order valence-electron chi connectivity index (χ3n) is 4.72. The van der Waals surface area contributed by atoms with E-state index >= 15 is 0 Å². The van der Waals surface area contributed by atoms with Crippen molar-refractivity contribution in [3.8, 4) is 0 Å². The highest BCUT2D eigenvalue weighted by Crippen LogP contribution is 2.23. The predicted molar refractivity (Wildman–Crippen MR) is 109 cm³/mol. The minimum Gasteiger partial charge on any atom is -0.336 e. The molecule has 3 rings (SSSR count). The van der Waals surface area contributed by atoms with Crippen LogP contribution in [0.3, 0.4) is 0 Å². The maximum Gasteiger partial charge on any atom is 0.271 e. The fourth-order valence-corrected chi connectivity index (χ4v) is 4.54. The quantitative estimate of drug-likeness (QED) is 0.500. The van der Waals surface area contributed by atoms with Gasteiger partial charge in [0, 0.05) is 62.1 Å². The van der Waals surface area contributed by atoms with Crippen molar-refractivity contribution in [1.29, 1.82) is 0 Å². The summed E-state index contributed by atoms with van der Waals surface area (Å²) in [7, 11) is -3.68. The molecule has 0 radical (unpaired) electrons. The van der Waals surface area contributed by atoms with E-state index in [1.54, 1.807) is 16.2 Å². The van der Waals surface area contributed by atoms with Gasteiger partial charge in [-0.15, -0.1) is 11.3 Å². The van der Waals surface area contributed by atoms with Crippen molar-refractivity contribution in [3.05, 3.63) is 50.0 Å². The van der Waals surface area contributed by atoms with Gasteiger partial charge in [-0.2, -0.15) is 0 Å². The lowest BCUT2D eigenvalue weighted by Crippen LogP contribution is -2.48. The average molecular weight is 439 g/mol. The van der Waals surface area contributed by atoms with Gasteiger partial charge in [-0.1, -0.05) is 6.92 Å². The Morgan fingerprint density at radius 1 is 1.24 bits per heavy atom. The number of non-ortho nitro benzene ring substituents is 1. The number of hydrogen-bond donors (Lipinski definition) is 0. The summed E-state index contributed by atoms with van der Waals surface area (Å²) < 4.78 is 23.7. The summed E-state index contributed by atoms with van der Waals surface area (Å²) in [5.74, 6) is -0.403. The van der Waals surface area contributed by atoms with Crippen LogP contribution in [0, 0.1) is 10.1 Å². The fourth-order valence-electron chi connectivity index (χ4n) is 3.13. The van der Waals surface area contributed by atoms with Crippen molar-refractivity contribution in [2.45, 2.75) is 24.8 Å². The highest BCUT2D eigenvalue weighted by molar-refractivity contribution is 7.90. The number of carbonyl (C=O) groups is 1. The first kappa shape index (κ1) is 21.3. The number of carbonyl (C=O) groups excluding carboxylic acids is 1. The Balaban J connectivity index is 1.70. The minimum absolute atomic E-state index is 0.0140. The number of benzene rings is 1. The highest BCUT2D eigenvalue weighted by Gasteiger charge is 2.25. The van der Waals surface area contributed by atoms with Gasteiger partial charge in [-0.05, 0) is 12.5 Å². The lowest BCUT2D eigenvalue weighted by molar-refractivity contribution is -0.385. The number of thiazole rings is 1. The van der Waals surface area contributed by atoms with Gasteiger partial charge in [0.2, 0.25) is 0 Å². The maximum atomic E-state index is 12.8. The first-order valence-corrected chi connectivity index (χ1v) is 11.9. The van der Waals surface area contributed by atoms with E-state index in [9.17, 15) is 23.3 Å². The van der Waals surface area contributed by atoms with E-state index in [-0.39, 0.29) is 10.5 Å². The van der Waals surface area contributed by atoms with Crippen molar-refractivity contribution in [2.24, 2.45) is 0 Å². The molecule has 1 aromatic carbocycles. The van der Waals surface area contributed by atoms with E-state index in [0.717, 1.165) is 35.5 Å². The molecular weight excluding hydrogens is 416 g/mol. The van der Waals surface area contributed by atoms with Crippen LogP contribution in [0.15, 0.2) is 28.5 Å². The highest BCUT2D eigenvalue weighted by atomic mass is 32.2. The van der Waals surface area contributed by atoms with Gasteiger partial charge in [0.15, 0.2) is 9.84 Å². The van der Waals surface area contributed by atoms with Crippen molar-refractivity contribution in [1.82, 2.24) is 14.8 Å². The largest absolute Gasteiger partial charge is 0.336 e. The lowest BCUT2D eigenvalue weighted by Gasteiger charge is -2.34. The van der Waals surface area contributed by atoms with Gasteiger partial charge in [0.1, 0.15) is 0 Å². The Bertz CT molecular complexity index is 1030. The number of piperazine rings is 1. The fraction of sp³-hybridized carbons (Fsp3) is 0.444. The second kappa shape index (κ2) is 8.56. The van der Waals surface area contributed by atoms with E-state index in [1.807, 2.05) is 5.38 Å². The molecule has 1 fully saturated rings. The molecule has 1 aromatic heterocycles. The molecule has 0 spiro atoms. The topological polar surface area (TPSA) is 114 Å². The SMILES string of the molecule is CCc1nc(CN2CCN(C(=O)c3cc([N+](=O)[O-])cc(S(C)(=O)=O)c3)CC2)cs1. The molecule has 0 atom stereocenters. The normalized spacial score (nSPS) is 15.4. The Labute approximate surface area is 173 Å². The number of rotatable bonds is 6. The molecule has 156 valence electrons. The number of nitro groups is 1. The minimum atomic E-state index is -3.68. The van der Waals surface area contributed by atoms with Gasteiger partial charge in [0.05, 0.1) is 20.5 Å². The number of amides is 1. The van der Waals surface area contributed by atoms with Crippen LogP contribution < -0.4 is 0 Å². The van der Waals surface area contributed by atoms with Crippen LogP contribution in [0.1, 0.15) is 28.0 Å². The molecular formula is C18H22N4O5S2. The van der Waals surface area contributed by atoms with E-state index < -0.39 is 26.4 Å². The number of sulfone groups is 1. The Kier molecular flexibility index (Phi) is 6.30. The van der Waals surface area contributed by atoms with Crippen molar-refractivity contribution in [3.63, 3.8) is 0 Å². The predicted octanol–water partition coefficient (Wildman–Crippen LogP) is 1.98. The second-order valence-electron chi connectivity index (χ2n) is 6.90. The number of nitrogens with zero attached hydrogens (tertiary/aromatic N) is 4. The van der Waals surface area contributed by atoms with Crippen LogP contribution in [-0.4, -0.2) is 66.5 Å². The summed E-state index contributed by atoms with van der Waals surface area (Å²) in [4.78, 5) is 31.4. The molecule has 1 saturated heterocycles. The average Bonchev–Trinajstić information content (AvgIpc) is 3.14. The standard InChI is InChI=1S/C18H22N4O5S2/c1-3-17-19-14(12-28-17)11-20-4-6-21(7-5-20)18(23)13-8-15(22(24)25)10-16(9-13)29(2,26)27/h8-10,12H,3-7,11H2,1-2H3. The van der Waals surface area contributed by atoms with Crippen LogP contribution in [-0.2, 0) is 22.8 Å². The third-order valence-corrected chi connectivity index (χ3v) is 6.86. The molecule has 2 heterocycles. The van der Waals surface area contributed by atoms with E-state index in [2.05, 4.69) is 16.8 Å². The van der Waals surface area contributed by atoms with Crippen LogP contribution in [0.4, 0.5) is 5.69 Å². The van der Waals surface area contributed by atoms with Gasteiger partial charge in [0.25, 0.3) is 11.6 Å². The summed E-state index contributed by atoms with van der Waals surface area (Å²) in [5.41, 5.74) is 0.619. The zero-order valence-corrected chi connectivity index (χ0v) is 17.8. The molecule has 0 bridgehead atoms. The molecule has 11 heteroatoms. The summed E-state index contributed by atoms with van der Waals surface area (Å²) in [5, 5.41) is 14.3. The molecule has 9 nitrogen and oxygen atoms in total. The number of hydrogen-bond acceptors (Lipinski definition) is 8. The second-order valence-corrected chi connectivity index (χ2v) is 9.86. The van der Waals surface area contributed by atoms with Crippen LogP contribution in [0.5, 0.6) is 0 Å². The Morgan fingerprint density at radius 3 is 2.48 bits per heavy atom. The van der Waals surface area contributed by atoms with Gasteiger partial charge >= 0.3 is 0 Å². The van der Waals surface area contributed by atoms with E-state index in [0.29, 0.717) is 32.7 Å². The van der Waals surface area contributed by atoms with Gasteiger partial charge < -0.3 is 4.90 Å². The molecule has 0 saturated carbocycles. The summed E-state index contributed by atoms with van der Waals surface area (Å²) in [6.07, 6.45) is 1.87. The lowest BCUT2D eigenvalue weighted by atomic mass is 10.1. The zero-order chi connectivity index (χ0) is 21.2. The van der Waals surface area contributed by atoms with Gasteiger partial charge in [-0.3, -0.25) is 19.8 Å². The molecule has 1 aliphatic heterocycles. The van der Waals surface area contributed by atoms with Crippen LogP contribution in [0.2, 0.25) is 0 Å². The van der Waals surface area contributed by atoms with Crippen LogP contribution in [0.25, 0.3) is 0 Å². The number of aryl methyl sites for hydroxylation is 1. The van der Waals surface area contributed by atoms with E-state index in [1.165, 1.54) is 6.07 Å². The smallest absolute Gasteiger partial charge is 0.271 e. The van der Waals surface area contributed by atoms with Crippen LogP contribution >= 0.6 is 11.3 Å². The van der Waals surface area contributed by atoms with Crippen molar-refractivity contribution < 1.29 is 18.1 Å².